The maximum atomic E-state index is 14.5. The van der Waals surface area contributed by atoms with Crippen LogP contribution in [0.5, 0.6) is 11.5 Å². The molecule has 4 heterocycles. The third kappa shape index (κ3) is 5.54. The molecule has 1 saturated heterocycles. The second-order valence-corrected chi connectivity index (χ2v) is 15.9. The smallest absolute Gasteiger partial charge is 0.309 e. The Morgan fingerprint density at radius 1 is 0.692 bits per heavy atom. The summed E-state index contributed by atoms with van der Waals surface area (Å²) >= 11 is 0. The summed E-state index contributed by atoms with van der Waals surface area (Å²) in [5.74, 6) is 0.525. The van der Waals surface area contributed by atoms with Crippen molar-refractivity contribution in [2.45, 2.75) is 43.4 Å². The van der Waals surface area contributed by atoms with Gasteiger partial charge in [0, 0.05) is 78.1 Å². The Bertz CT molecular complexity index is 2190. The molecule has 5 aromatic rings. The molecular formula is C43H41N3O5S. The van der Waals surface area contributed by atoms with Gasteiger partial charge in [-0.2, -0.15) is 4.31 Å². The highest BCUT2D eigenvalue weighted by atomic mass is 32.2. The summed E-state index contributed by atoms with van der Waals surface area (Å²) < 4.78 is 42.7. The van der Waals surface area contributed by atoms with Crippen molar-refractivity contribution in [3.05, 3.63) is 137 Å². The number of nitrogens with zero attached hydrogens (tertiary/aromatic N) is 3. The number of carbonyl (C=O) groups is 1. The first-order valence-electron chi connectivity index (χ1n) is 18.3. The second kappa shape index (κ2) is 13.1. The lowest BCUT2D eigenvalue weighted by Gasteiger charge is -2.34. The molecule has 1 fully saturated rings. The first kappa shape index (κ1) is 32.8. The monoisotopic (exact) mass is 711 g/mol. The highest BCUT2D eigenvalue weighted by Gasteiger charge is 2.38. The Balaban J connectivity index is 1.13. The summed E-state index contributed by atoms with van der Waals surface area (Å²) in [5, 5.41) is 0. The number of esters is 1. The van der Waals surface area contributed by atoms with Crippen LogP contribution < -0.4 is 14.5 Å². The second-order valence-electron chi connectivity index (χ2n) is 14.0. The minimum atomic E-state index is -3.89. The van der Waals surface area contributed by atoms with Crippen molar-refractivity contribution < 1.29 is 22.7 Å². The van der Waals surface area contributed by atoms with Crippen LogP contribution in [0.2, 0.25) is 0 Å². The van der Waals surface area contributed by atoms with Crippen LogP contribution in [-0.4, -0.2) is 51.5 Å². The maximum Gasteiger partial charge on any atom is 0.309 e. The van der Waals surface area contributed by atoms with Crippen LogP contribution >= 0.6 is 0 Å². The molecule has 9 rings (SSSR count). The summed E-state index contributed by atoms with van der Waals surface area (Å²) in [4.78, 5) is 17.4. The molecule has 8 nitrogen and oxygen atoms in total. The van der Waals surface area contributed by atoms with E-state index in [4.69, 9.17) is 9.47 Å². The van der Waals surface area contributed by atoms with Gasteiger partial charge >= 0.3 is 5.97 Å². The fourth-order valence-electron chi connectivity index (χ4n) is 8.55. The average molecular weight is 712 g/mol. The van der Waals surface area contributed by atoms with Crippen molar-refractivity contribution in [2.75, 3.05) is 42.6 Å². The number of fused-ring (bicyclic) bond motifs is 4. The van der Waals surface area contributed by atoms with E-state index in [0.717, 1.165) is 59.9 Å². The summed E-state index contributed by atoms with van der Waals surface area (Å²) in [7, 11) is -3.89. The minimum absolute atomic E-state index is 0.246. The fraction of sp³-hybridized carbons (Fsp3) is 0.279. The number of ether oxygens (including phenoxy) is 2. The number of carbonyl (C=O) groups excluding carboxylic acids is 1. The van der Waals surface area contributed by atoms with Gasteiger partial charge in [-0.25, -0.2) is 8.42 Å². The Labute approximate surface area is 305 Å². The van der Waals surface area contributed by atoms with E-state index in [1.54, 1.807) is 19.1 Å². The summed E-state index contributed by atoms with van der Waals surface area (Å²) in [6, 6.07) is 37.1. The molecule has 0 spiro atoms. The number of hydrogen-bond donors (Lipinski definition) is 0. The van der Waals surface area contributed by atoms with E-state index in [9.17, 15) is 13.2 Å². The van der Waals surface area contributed by atoms with Crippen LogP contribution in [-0.2, 0) is 32.4 Å². The van der Waals surface area contributed by atoms with Gasteiger partial charge in [0.1, 0.15) is 11.5 Å². The minimum Gasteiger partial charge on any atom is -0.466 e. The average Bonchev–Trinajstić information content (AvgIpc) is 3.82. The highest BCUT2D eigenvalue weighted by molar-refractivity contribution is 7.89. The van der Waals surface area contributed by atoms with Crippen molar-refractivity contribution >= 4 is 38.7 Å². The molecule has 0 unspecified atom stereocenters. The Morgan fingerprint density at radius 3 is 1.81 bits per heavy atom. The van der Waals surface area contributed by atoms with Crippen LogP contribution in [0.15, 0.2) is 114 Å². The predicted octanol–water partition coefficient (Wildman–Crippen LogP) is 8.32. The fourth-order valence-corrected chi connectivity index (χ4v) is 10.3. The molecule has 0 amide bonds. The van der Waals surface area contributed by atoms with Crippen LogP contribution in [0.1, 0.15) is 53.5 Å². The Kier molecular flexibility index (Phi) is 8.28. The molecule has 52 heavy (non-hydrogen) atoms. The molecule has 264 valence electrons. The van der Waals surface area contributed by atoms with E-state index in [0.29, 0.717) is 25.0 Å². The third-order valence-electron chi connectivity index (χ3n) is 11.2. The lowest BCUT2D eigenvalue weighted by atomic mass is 9.82. The molecule has 4 aliphatic heterocycles. The maximum absolute atomic E-state index is 14.5. The Morgan fingerprint density at radius 2 is 1.23 bits per heavy atom. The van der Waals surface area contributed by atoms with Gasteiger partial charge in [-0.05, 0) is 79.6 Å². The van der Waals surface area contributed by atoms with Gasteiger partial charge in [-0.15, -0.1) is 0 Å². The molecule has 0 aromatic heterocycles. The number of sulfonamides is 1. The van der Waals surface area contributed by atoms with Gasteiger partial charge in [-0.1, -0.05) is 66.7 Å². The molecule has 0 radical (unpaired) electrons. The Hall–Kier alpha value is -5.12. The predicted molar refractivity (Wildman–Crippen MR) is 203 cm³/mol. The zero-order valence-corrected chi connectivity index (χ0v) is 30.0. The zero-order valence-electron chi connectivity index (χ0n) is 29.2. The normalized spacial score (nSPS) is 17.2. The van der Waals surface area contributed by atoms with Crippen LogP contribution in [0.3, 0.4) is 0 Å². The van der Waals surface area contributed by atoms with Crippen molar-refractivity contribution in [2.24, 2.45) is 5.92 Å². The number of anilines is 4. The largest absolute Gasteiger partial charge is 0.466 e. The number of piperidine rings is 1. The van der Waals surface area contributed by atoms with E-state index in [1.807, 2.05) is 12.1 Å². The number of rotatable bonds is 7. The van der Waals surface area contributed by atoms with Crippen LogP contribution in [0.4, 0.5) is 22.7 Å². The van der Waals surface area contributed by atoms with E-state index in [1.165, 1.54) is 26.8 Å². The molecule has 4 aliphatic rings. The number of para-hydroxylation sites is 2. The summed E-state index contributed by atoms with van der Waals surface area (Å²) in [6.45, 7) is 4.40. The van der Waals surface area contributed by atoms with Gasteiger partial charge in [0.25, 0.3) is 0 Å². The molecule has 5 aromatic carbocycles. The zero-order chi connectivity index (χ0) is 35.4. The van der Waals surface area contributed by atoms with Gasteiger partial charge in [0.05, 0.1) is 17.4 Å². The SMILES string of the molecule is CCOC(=O)C1CCN(S(=O)(=O)c2ccccc2C2c3ccc(N4CCc5ccccc54)cc3Oc3cc(N4CCc5ccccc54)ccc32)CC1. The number of benzene rings is 5. The summed E-state index contributed by atoms with van der Waals surface area (Å²) in [5.41, 5.74) is 9.69. The van der Waals surface area contributed by atoms with Crippen LogP contribution in [0, 0.1) is 5.92 Å². The quantitative estimate of drug-likeness (QED) is 0.154. The standard InChI is InChI=1S/C43H41N3O5S/c1-2-50-43(47)31-19-23-44(24-20-31)52(48,49)41-14-8-5-11-36(41)42-34-17-15-32(45-25-21-29-9-3-6-12-37(29)45)27-39(34)51-40-28-33(16-18-35(40)42)46-26-22-30-10-4-7-13-38(30)46/h3-18,27-28,31,42H,2,19-26H2,1H3. The molecule has 0 atom stereocenters. The van der Waals surface area contributed by atoms with Gasteiger partial charge in [0.2, 0.25) is 10.0 Å². The molecule has 9 heteroatoms. The van der Waals surface area contributed by atoms with E-state index < -0.39 is 10.0 Å². The van der Waals surface area contributed by atoms with Gasteiger partial charge in [0.15, 0.2) is 0 Å². The number of hydrogen-bond acceptors (Lipinski definition) is 7. The lowest BCUT2D eigenvalue weighted by Crippen LogP contribution is -2.41. The highest BCUT2D eigenvalue weighted by Crippen LogP contribution is 2.52. The molecule has 0 saturated carbocycles. The van der Waals surface area contributed by atoms with Crippen molar-refractivity contribution in [1.82, 2.24) is 4.31 Å². The molecule has 0 N–H and O–H groups in total. The lowest BCUT2D eigenvalue weighted by molar-refractivity contribution is -0.149. The van der Waals surface area contributed by atoms with Crippen molar-refractivity contribution in [3.8, 4) is 11.5 Å². The topological polar surface area (TPSA) is 79.4 Å². The van der Waals surface area contributed by atoms with E-state index in [2.05, 4.69) is 94.7 Å². The van der Waals surface area contributed by atoms with Gasteiger partial charge in [-0.3, -0.25) is 4.79 Å². The third-order valence-corrected chi connectivity index (χ3v) is 13.1. The van der Waals surface area contributed by atoms with E-state index in [-0.39, 0.29) is 35.8 Å². The molecule has 0 bridgehead atoms. The molecule has 0 aliphatic carbocycles. The molecular weight excluding hydrogens is 671 g/mol. The summed E-state index contributed by atoms with van der Waals surface area (Å²) in [6.07, 6.45) is 2.83. The van der Waals surface area contributed by atoms with E-state index >= 15 is 0 Å². The van der Waals surface area contributed by atoms with Gasteiger partial charge < -0.3 is 19.3 Å². The van der Waals surface area contributed by atoms with Crippen molar-refractivity contribution in [3.63, 3.8) is 0 Å². The first-order chi connectivity index (χ1) is 25.4. The first-order valence-corrected chi connectivity index (χ1v) is 19.8. The van der Waals surface area contributed by atoms with Crippen LogP contribution in [0.25, 0.3) is 0 Å². The van der Waals surface area contributed by atoms with Crippen molar-refractivity contribution in [1.29, 1.82) is 0 Å².